The van der Waals surface area contributed by atoms with Gasteiger partial charge in [0, 0.05) is 0 Å². The van der Waals surface area contributed by atoms with E-state index in [0.717, 1.165) is 17.8 Å². The van der Waals surface area contributed by atoms with E-state index in [0.29, 0.717) is 0 Å². The van der Waals surface area contributed by atoms with Crippen LogP contribution in [-0.4, -0.2) is 13.1 Å². The van der Waals surface area contributed by atoms with Gasteiger partial charge in [0.25, 0.3) is 0 Å². The summed E-state index contributed by atoms with van der Waals surface area (Å²) in [6.45, 7) is 4.78. The normalized spacial score (nSPS) is 32.1. The molecule has 2 aliphatic carbocycles. The molecule has 0 aromatic heterocycles. The van der Waals surface area contributed by atoms with Crippen LogP contribution in [0.5, 0.6) is 0 Å². The fourth-order valence-electron chi connectivity index (χ4n) is 3.67. The third-order valence-electron chi connectivity index (χ3n) is 4.81. The van der Waals surface area contributed by atoms with Gasteiger partial charge in [-0.25, -0.2) is 0 Å². The summed E-state index contributed by atoms with van der Waals surface area (Å²) in [7, 11) is 0. The van der Waals surface area contributed by atoms with Gasteiger partial charge in [-0.3, -0.25) is 0 Å². The Morgan fingerprint density at radius 1 is 0.938 bits per heavy atom. The summed E-state index contributed by atoms with van der Waals surface area (Å²) < 4.78 is 0. The summed E-state index contributed by atoms with van der Waals surface area (Å²) in [5.74, 6) is 3.20. The summed E-state index contributed by atoms with van der Waals surface area (Å²) in [6.07, 6.45) is 13.4. The van der Waals surface area contributed by atoms with Gasteiger partial charge in [0.15, 0.2) is 0 Å². The molecule has 0 saturated heterocycles. The van der Waals surface area contributed by atoms with Gasteiger partial charge in [0.2, 0.25) is 0 Å². The molecule has 2 rings (SSSR count). The van der Waals surface area contributed by atoms with Gasteiger partial charge >= 0.3 is 0 Å². The highest BCUT2D eigenvalue weighted by atomic mass is 14.9. The second-order valence-electron chi connectivity index (χ2n) is 5.96. The van der Waals surface area contributed by atoms with E-state index < -0.39 is 0 Å². The second-order valence-corrected chi connectivity index (χ2v) is 5.96. The van der Waals surface area contributed by atoms with Crippen molar-refractivity contribution in [2.75, 3.05) is 13.1 Å². The van der Waals surface area contributed by atoms with Crippen molar-refractivity contribution in [3.63, 3.8) is 0 Å². The fourth-order valence-corrected chi connectivity index (χ4v) is 3.67. The van der Waals surface area contributed by atoms with Crippen LogP contribution in [0.1, 0.15) is 64.7 Å². The predicted octanol–water partition coefficient (Wildman–Crippen LogP) is 3.98. The molecule has 0 aromatic rings. The third kappa shape index (κ3) is 3.23. The molecule has 0 aliphatic heterocycles. The number of hydrogen-bond acceptors (Lipinski definition) is 1. The summed E-state index contributed by atoms with van der Waals surface area (Å²) in [4.78, 5) is 0. The molecule has 0 amide bonds. The predicted molar refractivity (Wildman–Crippen MR) is 70.6 cm³/mol. The van der Waals surface area contributed by atoms with E-state index >= 15 is 0 Å². The minimum atomic E-state index is 1.02. The number of rotatable bonds is 5. The first-order chi connectivity index (χ1) is 7.92. The van der Waals surface area contributed by atoms with Crippen LogP contribution < -0.4 is 5.32 Å². The van der Waals surface area contributed by atoms with Gasteiger partial charge in [-0.05, 0) is 50.1 Å². The van der Waals surface area contributed by atoms with Gasteiger partial charge in [0.05, 0.1) is 0 Å². The topological polar surface area (TPSA) is 12.0 Å². The fraction of sp³-hybridized carbons (Fsp3) is 1.00. The molecule has 2 atom stereocenters. The van der Waals surface area contributed by atoms with Gasteiger partial charge in [0.1, 0.15) is 0 Å². The SMILES string of the molecule is CCCNCC1CCC1C1CCCCCC1. The molecule has 0 radical (unpaired) electrons. The van der Waals surface area contributed by atoms with E-state index in [2.05, 4.69) is 12.2 Å². The van der Waals surface area contributed by atoms with Crippen molar-refractivity contribution in [3.8, 4) is 0 Å². The van der Waals surface area contributed by atoms with Gasteiger partial charge < -0.3 is 5.32 Å². The Morgan fingerprint density at radius 2 is 1.69 bits per heavy atom. The zero-order valence-electron chi connectivity index (χ0n) is 11.0. The second kappa shape index (κ2) is 6.64. The van der Waals surface area contributed by atoms with Crippen LogP contribution in [0.2, 0.25) is 0 Å². The Morgan fingerprint density at radius 3 is 2.25 bits per heavy atom. The average molecular weight is 223 g/mol. The molecule has 1 heteroatoms. The molecule has 2 fully saturated rings. The van der Waals surface area contributed by atoms with Crippen LogP contribution >= 0.6 is 0 Å². The van der Waals surface area contributed by atoms with Crippen molar-refractivity contribution in [1.29, 1.82) is 0 Å². The molecule has 94 valence electrons. The zero-order chi connectivity index (χ0) is 11.2. The molecule has 16 heavy (non-hydrogen) atoms. The molecule has 0 heterocycles. The summed E-state index contributed by atoms with van der Waals surface area (Å²) in [5.41, 5.74) is 0. The molecular weight excluding hydrogens is 194 g/mol. The zero-order valence-corrected chi connectivity index (χ0v) is 11.0. The summed E-state index contributed by atoms with van der Waals surface area (Å²) in [5, 5.41) is 3.62. The van der Waals surface area contributed by atoms with E-state index in [1.807, 2.05) is 0 Å². The van der Waals surface area contributed by atoms with Crippen LogP contribution in [-0.2, 0) is 0 Å². The standard InChI is InChI=1S/C15H29N/c1-2-11-16-12-14-9-10-15(14)13-7-5-3-4-6-8-13/h13-16H,2-12H2,1H3. The molecule has 0 aromatic carbocycles. The van der Waals surface area contributed by atoms with E-state index in [1.54, 1.807) is 0 Å². The van der Waals surface area contributed by atoms with Crippen LogP contribution in [0.15, 0.2) is 0 Å². The highest BCUT2D eigenvalue weighted by Gasteiger charge is 2.36. The van der Waals surface area contributed by atoms with E-state index in [9.17, 15) is 0 Å². The third-order valence-corrected chi connectivity index (χ3v) is 4.81. The first-order valence-corrected chi connectivity index (χ1v) is 7.62. The summed E-state index contributed by atoms with van der Waals surface area (Å²) >= 11 is 0. The quantitative estimate of drug-likeness (QED) is 0.549. The van der Waals surface area contributed by atoms with Gasteiger partial charge in [-0.2, -0.15) is 0 Å². The highest BCUT2D eigenvalue weighted by molar-refractivity contribution is 4.87. The van der Waals surface area contributed by atoms with Crippen molar-refractivity contribution in [3.05, 3.63) is 0 Å². The Kier molecular flexibility index (Phi) is 5.15. The molecule has 1 nitrogen and oxygen atoms in total. The van der Waals surface area contributed by atoms with Crippen molar-refractivity contribution < 1.29 is 0 Å². The number of hydrogen-bond donors (Lipinski definition) is 1. The Bertz CT molecular complexity index is 182. The van der Waals surface area contributed by atoms with Crippen molar-refractivity contribution in [2.45, 2.75) is 64.7 Å². The monoisotopic (exact) mass is 223 g/mol. The first kappa shape index (κ1) is 12.4. The largest absolute Gasteiger partial charge is 0.316 e. The lowest BCUT2D eigenvalue weighted by Gasteiger charge is -2.42. The van der Waals surface area contributed by atoms with Crippen LogP contribution in [0, 0.1) is 17.8 Å². The van der Waals surface area contributed by atoms with E-state index in [4.69, 9.17) is 0 Å². The molecular formula is C15H29N. The van der Waals surface area contributed by atoms with Crippen molar-refractivity contribution in [2.24, 2.45) is 17.8 Å². The Labute approximate surface area is 101 Å². The minimum absolute atomic E-state index is 1.02. The lowest BCUT2D eigenvalue weighted by atomic mass is 9.65. The molecule has 1 N–H and O–H groups in total. The van der Waals surface area contributed by atoms with Crippen LogP contribution in [0.4, 0.5) is 0 Å². The smallest absolute Gasteiger partial charge is 0.00178 e. The summed E-state index contributed by atoms with van der Waals surface area (Å²) in [6, 6.07) is 0. The molecule has 2 aliphatic rings. The molecule has 2 saturated carbocycles. The van der Waals surface area contributed by atoms with Crippen molar-refractivity contribution in [1.82, 2.24) is 5.32 Å². The van der Waals surface area contributed by atoms with Gasteiger partial charge in [-0.15, -0.1) is 0 Å². The lowest BCUT2D eigenvalue weighted by Crippen LogP contribution is -2.39. The lowest BCUT2D eigenvalue weighted by molar-refractivity contribution is 0.0924. The van der Waals surface area contributed by atoms with Crippen LogP contribution in [0.25, 0.3) is 0 Å². The maximum Gasteiger partial charge on any atom is -0.00178 e. The average Bonchev–Trinajstić information content (AvgIpc) is 2.52. The van der Waals surface area contributed by atoms with E-state index in [1.165, 1.54) is 70.9 Å². The molecule has 2 unspecified atom stereocenters. The maximum atomic E-state index is 3.62. The van der Waals surface area contributed by atoms with Crippen molar-refractivity contribution >= 4 is 0 Å². The highest BCUT2D eigenvalue weighted by Crippen LogP contribution is 2.44. The van der Waals surface area contributed by atoms with Gasteiger partial charge in [-0.1, -0.05) is 45.4 Å². The Hall–Kier alpha value is -0.0400. The Balaban J connectivity index is 1.71. The number of nitrogens with one attached hydrogen (secondary N) is 1. The first-order valence-electron chi connectivity index (χ1n) is 7.62. The van der Waals surface area contributed by atoms with Crippen LogP contribution in [0.3, 0.4) is 0 Å². The maximum absolute atomic E-state index is 3.62. The molecule has 0 bridgehead atoms. The minimum Gasteiger partial charge on any atom is -0.316 e. The van der Waals surface area contributed by atoms with E-state index in [-0.39, 0.29) is 0 Å². The molecule has 0 spiro atoms.